The molecule has 0 aromatic carbocycles. The van der Waals surface area contributed by atoms with Crippen molar-refractivity contribution in [3.05, 3.63) is 12.3 Å². The average Bonchev–Trinajstić information content (AvgIpc) is 1.85. The molecule has 0 aliphatic carbocycles. The van der Waals surface area contributed by atoms with Crippen molar-refractivity contribution in [2.75, 3.05) is 13.6 Å². The molecule has 0 heterocycles. The summed E-state index contributed by atoms with van der Waals surface area (Å²) in [5.41, 5.74) is 0. The van der Waals surface area contributed by atoms with Crippen LogP contribution in [0.1, 0.15) is 20.3 Å². The number of carbonyl (C=O) groups is 1. The van der Waals surface area contributed by atoms with Gasteiger partial charge in [-0.15, -0.1) is 0 Å². The highest BCUT2D eigenvalue weighted by atomic mass is 16.1. The Bertz CT molecular complexity index is 129. The van der Waals surface area contributed by atoms with Gasteiger partial charge < -0.3 is 4.90 Å². The predicted octanol–water partition coefficient (Wildman–Crippen LogP) is 1.43. The first kappa shape index (κ1) is 9.21. The van der Waals surface area contributed by atoms with E-state index in [2.05, 4.69) is 6.92 Å². The van der Waals surface area contributed by atoms with Crippen LogP contribution >= 0.6 is 0 Å². The molecule has 0 unspecified atom stereocenters. The van der Waals surface area contributed by atoms with E-state index in [-0.39, 0.29) is 5.78 Å². The highest BCUT2D eigenvalue weighted by Crippen LogP contribution is 1.87. The zero-order valence-electron chi connectivity index (χ0n) is 6.92. The number of carbonyl (C=O) groups excluding carboxylic acids is 1. The Morgan fingerprint density at radius 3 is 2.60 bits per heavy atom. The van der Waals surface area contributed by atoms with E-state index in [1.807, 2.05) is 18.1 Å². The molecule has 0 radical (unpaired) electrons. The average molecular weight is 141 g/mol. The van der Waals surface area contributed by atoms with Gasteiger partial charge >= 0.3 is 0 Å². The summed E-state index contributed by atoms with van der Waals surface area (Å²) >= 11 is 0. The minimum Gasteiger partial charge on any atom is -0.380 e. The lowest BCUT2D eigenvalue weighted by Crippen LogP contribution is -2.11. The number of allylic oxidation sites excluding steroid dienone is 1. The van der Waals surface area contributed by atoms with E-state index in [4.69, 9.17) is 0 Å². The van der Waals surface area contributed by atoms with Crippen LogP contribution in [0.5, 0.6) is 0 Å². The van der Waals surface area contributed by atoms with E-state index in [1.165, 1.54) is 0 Å². The number of rotatable bonds is 4. The maximum absolute atomic E-state index is 10.4. The Kier molecular flexibility index (Phi) is 4.63. The molecule has 0 fully saturated rings. The third kappa shape index (κ3) is 5.35. The van der Waals surface area contributed by atoms with Gasteiger partial charge in [-0.2, -0.15) is 0 Å². The maximum atomic E-state index is 10.4. The van der Waals surface area contributed by atoms with Crippen LogP contribution < -0.4 is 0 Å². The van der Waals surface area contributed by atoms with Gasteiger partial charge in [0.25, 0.3) is 0 Å². The first-order chi connectivity index (χ1) is 4.66. The van der Waals surface area contributed by atoms with Gasteiger partial charge in [0.2, 0.25) is 0 Å². The Morgan fingerprint density at radius 1 is 1.60 bits per heavy atom. The van der Waals surface area contributed by atoms with Crippen molar-refractivity contribution in [2.45, 2.75) is 20.3 Å². The fourth-order valence-corrected chi connectivity index (χ4v) is 0.659. The molecule has 0 atom stereocenters. The zero-order chi connectivity index (χ0) is 7.98. The van der Waals surface area contributed by atoms with Crippen LogP contribution in [-0.4, -0.2) is 24.3 Å². The second-order valence-electron chi connectivity index (χ2n) is 2.41. The predicted molar refractivity (Wildman–Crippen MR) is 42.7 cm³/mol. The van der Waals surface area contributed by atoms with E-state index in [1.54, 1.807) is 13.0 Å². The number of hydrogen-bond donors (Lipinski definition) is 0. The van der Waals surface area contributed by atoms with E-state index in [0.717, 1.165) is 13.0 Å². The molecule has 0 rings (SSSR count). The van der Waals surface area contributed by atoms with Crippen LogP contribution in [0, 0.1) is 0 Å². The van der Waals surface area contributed by atoms with Crippen molar-refractivity contribution < 1.29 is 4.79 Å². The molecule has 0 saturated carbocycles. The quantitative estimate of drug-likeness (QED) is 0.552. The van der Waals surface area contributed by atoms with Crippen LogP contribution in [0.15, 0.2) is 12.3 Å². The molecular weight excluding hydrogens is 126 g/mol. The smallest absolute Gasteiger partial charge is 0.154 e. The molecule has 0 aromatic heterocycles. The molecule has 0 bridgehead atoms. The summed E-state index contributed by atoms with van der Waals surface area (Å²) in [6.45, 7) is 4.66. The molecule has 0 spiro atoms. The van der Waals surface area contributed by atoms with Crippen molar-refractivity contribution in [3.63, 3.8) is 0 Å². The largest absolute Gasteiger partial charge is 0.380 e. The summed E-state index contributed by atoms with van der Waals surface area (Å²) in [7, 11) is 1.96. The fourth-order valence-electron chi connectivity index (χ4n) is 0.659. The molecule has 58 valence electrons. The Morgan fingerprint density at radius 2 is 2.20 bits per heavy atom. The van der Waals surface area contributed by atoms with Crippen LogP contribution in [0.25, 0.3) is 0 Å². The first-order valence-electron chi connectivity index (χ1n) is 3.55. The van der Waals surface area contributed by atoms with Gasteiger partial charge in [-0.25, -0.2) is 0 Å². The van der Waals surface area contributed by atoms with E-state index in [0.29, 0.717) is 0 Å². The normalized spacial score (nSPS) is 10.3. The maximum Gasteiger partial charge on any atom is 0.154 e. The van der Waals surface area contributed by atoms with Crippen molar-refractivity contribution in [1.82, 2.24) is 4.90 Å². The van der Waals surface area contributed by atoms with E-state index < -0.39 is 0 Å². The highest BCUT2D eigenvalue weighted by Gasteiger charge is 1.87. The molecule has 0 N–H and O–H groups in total. The second-order valence-corrected chi connectivity index (χ2v) is 2.41. The SMILES string of the molecule is CCCN(C)/C=C\C(C)=O. The van der Waals surface area contributed by atoms with Gasteiger partial charge in [0.1, 0.15) is 0 Å². The van der Waals surface area contributed by atoms with Gasteiger partial charge in [0.05, 0.1) is 0 Å². The Balaban J connectivity index is 3.55. The standard InChI is InChI=1S/C8H15NO/c1-4-6-9(3)7-5-8(2)10/h5,7H,4,6H2,1-3H3/b7-5-. The van der Waals surface area contributed by atoms with E-state index >= 15 is 0 Å². The van der Waals surface area contributed by atoms with Crippen LogP contribution in [-0.2, 0) is 4.79 Å². The highest BCUT2D eigenvalue weighted by molar-refractivity contribution is 5.87. The van der Waals surface area contributed by atoms with Gasteiger partial charge in [0, 0.05) is 19.8 Å². The summed E-state index contributed by atoms with van der Waals surface area (Å²) in [5, 5.41) is 0. The molecule has 2 nitrogen and oxygen atoms in total. The van der Waals surface area contributed by atoms with Crippen molar-refractivity contribution in [3.8, 4) is 0 Å². The van der Waals surface area contributed by atoms with E-state index in [9.17, 15) is 4.79 Å². The summed E-state index contributed by atoms with van der Waals surface area (Å²) in [6, 6.07) is 0. The molecule has 0 aliphatic rings. The first-order valence-corrected chi connectivity index (χ1v) is 3.55. The number of nitrogens with zero attached hydrogens (tertiary/aromatic N) is 1. The fraction of sp³-hybridized carbons (Fsp3) is 0.625. The third-order valence-corrected chi connectivity index (χ3v) is 1.14. The van der Waals surface area contributed by atoms with Crippen molar-refractivity contribution >= 4 is 5.78 Å². The minimum atomic E-state index is 0.1000. The molecular formula is C8H15NO. The molecule has 0 amide bonds. The lowest BCUT2D eigenvalue weighted by molar-refractivity contribution is -0.112. The summed E-state index contributed by atoms with van der Waals surface area (Å²) in [4.78, 5) is 12.4. The van der Waals surface area contributed by atoms with Crippen LogP contribution in [0.2, 0.25) is 0 Å². The topological polar surface area (TPSA) is 20.3 Å². The van der Waals surface area contributed by atoms with Gasteiger partial charge in [-0.05, 0) is 19.4 Å². The lowest BCUT2D eigenvalue weighted by Gasteiger charge is -2.10. The van der Waals surface area contributed by atoms with Gasteiger partial charge in [0.15, 0.2) is 5.78 Å². The van der Waals surface area contributed by atoms with Crippen molar-refractivity contribution in [2.24, 2.45) is 0 Å². The van der Waals surface area contributed by atoms with Crippen LogP contribution in [0.3, 0.4) is 0 Å². The van der Waals surface area contributed by atoms with Crippen LogP contribution in [0.4, 0.5) is 0 Å². The monoisotopic (exact) mass is 141 g/mol. The molecule has 0 saturated heterocycles. The molecule has 10 heavy (non-hydrogen) atoms. The summed E-state index contributed by atoms with van der Waals surface area (Å²) < 4.78 is 0. The molecule has 0 aliphatic heterocycles. The molecule has 2 heteroatoms. The third-order valence-electron chi connectivity index (χ3n) is 1.14. The second kappa shape index (κ2) is 5.03. The Hall–Kier alpha value is -0.790. The lowest BCUT2D eigenvalue weighted by atomic mass is 10.4. The minimum absolute atomic E-state index is 0.1000. The Labute approximate surface area is 62.5 Å². The van der Waals surface area contributed by atoms with Crippen molar-refractivity contribution in [1.29, 1.82) is 0 Å². The zero-order valence-corrected chi connectivity index (χ0v) is 6.92. The summed E-state index contributed by atoms with van der Waals surface area (Å²) in [6.07, 6.45) is 4.50. The number of hydrogen-bond acceptors (Lipinski definition) is 2. The molecule has 0 aromatic rings. The van der Waals surface area contributed by atoms with Gasteiger partial charge in [-0.3, -0.25) is 4.79 Å². The number of ketones is 1. The van der Waals surface area contributed by atoms with Gasteiger partial charge in [-0.1, -0.05) is 6.92 Å². The summed E-state index contributed by atoms with van der Waals surface area (Å²) in [5.74, 6) is 0.1000.